The Hall–Kier alpha value is -2.04. The van der Waals surface area contributed by atoms with E-state index in [9.17, 15) is 9.59 Å². The first-order valence-corrected chi connectivity index (χ1v) is 5.60. The number of amides is 1. The van der Waals surface area contributed by atoms with E-state index in [0.29, 0.717) is 16.6 Å². The number of hydrogen-bond acceptors (Lipinski definition) is 2. The van der Waals surface area contributed by atoms with Gasteiger partial charge in [-0.25, -0.2) is 0 Å². The highest BCUT2D eigenvalue weighted by Gasteiger charge is 2.44. The lowest BCUT2D eigenvalue weighted by atomic mass is 10.1. The van der Waals surface area contributed by atoms with Gasteiger partial charge in [0.25, 0.3) is 5.56 Å². The average molecular weight is 231 g/mol. The van der Waals surface area contributed by atoms with E-state index in [4.69, 9.17) is 0 Å². The molecule has 0 bridgehead atoms. The second-order valence-electron chi connectivity index (χ2n) is 4.85. The number of nitrogens with one attached hydrogen (secondary N) is 3. The van der Waals surface area contributed by atoms with Gasteiger partial charge in [-0.15, -0.1) is 0 Å². The van der Waals surface area contributed by atoms with Gasteiger partial charge in [-0.2, -0.15) is 0 Å². The van der Waals surface area contributed by atoms with Crippen LogP contribution < -0.4 is 10.9 Å². The first kappa shape index (κ1) is 10.1. The number of fused-ring (bicyclic) bond motifs is 1. The van der Waals surface area contributed by atoms with Crippen LogP contribution in [-0.2, 0) is 4.79 Å². The molecule has 1 heterocycles. The number of carbonyl (C=O) groups excluding carboxylic acids is 1. The van der Waals surface area contributed by atoms with E-state index in [1.54, 1.807) is 18.2 Å². The summed E-state index contributed by atoms with van der Waals surface area (Å²) >= 11 is 0. The molecule has 5 heteroatoms. The van der Waals surface area contributed by atoms with Gasteiger partial charge >= 0.3 is 0 Å². The Morgan fingerprint density at radius 2 is 2.12 bits per heavy atom. The van der Waals surface area contributed by atoms with Crippen molar-refractivity contribution in [2.24, 2.45) is 5.41 Å². The molecule has 1 aromatic carbocycles. The Labute approximate surface area is 97.2 Å². The van der Waals surface area contributed by atoms with Crippen molar-refractivity contribution in [2.75, 3.05) is 5.32 Å². The first-order valence-electron chi connectivity index (χ1n) is 5.60. The van der Waals surface area contributed by atoms with Crippen LogP contribution in [0.15, 0.2) is 23.0 Å². The number of aromatic nitrogens is 2. The molecule has 3 rings (SSSR count). The van der Waals surface area contributed by atoms with Gasteiger partial charge in [0.1, 0.15) is 0 Å². The van der Waals surface area contributed by atoms with Crippen molar-refractivity contribution in [1.29, 1.82) is 0 Å². The van der Waals surface area contributed by atoms with Crippen LogP contribution in [0, 0.1) is 5.41 Å². The third-order valence-electron chi connectivity index (χ3n) is 3.38. The van der Waals surface area contributed by atoms with E-state index < -0.39 is 0 Å². The van der Waals surface area contributed by atoms with Crippen LogP contribution in [0.4, 0.5) is 5.69 Å². The van der Waals surface area contributed by atoms with Gasteiger partial charge in [0.15, 0.2) is 0 Å². The zero-order valence-corrected chi connectivity index (χ0v) is 9.46. The van der Waals surface area contributed by atoms with Crippen LogP contribution in [0.2, 0.25) is 0 Å². The summed E-state index contributed by atoms with van der Waals surface area (Å²) < 4.78 is 0. The summed E-state index contributed by atoms with van der Waals surface area (Å²) in [5.74, 6) is 0.0507. The number of rotatable bonds is 2. The molecule has 0 radical (unpaired) electrons. The molecule has 0 spiro atoms. The van der Waals surface area contributed by atoms with E-state index >= 15 is 0 Å². The average Bonchev–Trinajstić information content (AvgIpc) is 2.96. The summed E-state index contributed by atoms with van der Waals surface area (Å²) in [5.41, 5.74) is 1.08. The first-order chi connectivity index (χ1) is 8.08. The molecule has 1 aliphatic rings. The van der Waals surface area contributed by atoms with Gasteiger partial charge in [0, 0.05) is 11.1 Å². The molecule has 0 saturated heterocycles. The summed E-state index contributed by atoms with van der Waals surface area (Å²) in [6, 6.07) is 5.21. The van der Waals surface area contributed by atoms with Crippen molar-refractivity contribution in [2.45, 2.75) is 19.8 Å². The van der Waals surface area contributed by atoms with E-state index in [-0.39, 0.29) is 16.9 Å². The molecule has 2 aromatic rings. The number of benzene rings is 1. The van der Waals surface area contributed by atoms with E-state index in [1.165, 1.54) is 0 Å². The Kier molecular flexibility index (Phi) is 1.92. The smallest absolute Gasteiger partial charge is 0.271 e. The second-order valence-corrected chi connectivity index (χ2v) is 4.85. The van der Waals surface area contributed by atoms with Gasteiger partial charge in [0.2, 0.25) is 5.91 Å². The van der Waals surface area contributed by atoms with Crippen molar-refractivity contribution in [3.63, 3.8) is 0 Å². The predicted molar refractivity (Wildman–Crippen MR) is 64.9 cm³/mol. The van der Waals surface area contributed by atoms with Crippen molar-refractivity contribution in [1.82, 2.24) is 10.2 Å². The molecule has 1 amide bonds. The largest absolute Gasteiger partial charge is 0.326 e. The Bertz CT molecular complexity index is 649. The lowest BCUT2D eigenvalue weighted by Gasteiger charge is -2.09. The van der Waals surface area contributed by atoms with Crippen molar-refractivity contribution in [3.05, 3.63) is 28.6 Å². The van der Waals surface area contributed by atoms with E-state index in [0.717, 1.165) is 12.8 Å². The fourth-order valence-corrected chi connectivity index (χ4v) is 1.81. The van der Waals surface area contributed by atoms with Crippen molar-refractivity contribution < 1.29 is 4.79 Å². The molecule has 5 nitrogen and oxygen atoms in total. The summed E-state index contributed by atoms with van der Waals surface area (Å²) in [4.78, 5) is 23.2. The molecule has 0 aliphatic heterocycles. The van der Waals surface area contributed by atoms with Gasteiger partial charge in [-0.05, 0) is 31.0 Å². The minimum Gasteiger partial charge on any atom is -0.326 e. The number of carbonyl (C=O) groups is 1. The Balaban J connectivity index is 1.91. The molecule has 88 valence electrons. The highest BCUT2D eigenvalue weighted by atomic mass is 16.2. The lowest BCUT2D eigenvalue weighted by molar-refractivity contribution is -0.120. The zero-order valence-electron chi connectivity index (χ0n) is 9.46. The van der Waals surface area contributed by atoms with Gasteiger partial charge < -0.3 is 5.32 Å². The lowest BCUT2D eigenvalue weighted by Crippen LogP contribution is -2.21. The van der Waals surface area contributed by atoms with Gasteiger partial charge in [-0.1, -0.05) is 6.92 Å². The third kappa shape index (κ3) is 1.63. The fraction of sp³-hybridized carbons (Fsp3) is 0.333. The molecule has 0 unspecified atom stereocenters. The molecule has 17 heavy (non-hydrogen) atoms. The molecular weight excluding hydrogens is 218 g/mol. The van der Waals surface area contributed by atoms with Crippen LogP contribution in [0.1, 0.15) is 19.8 Å². The Morgan fingerprint density at radius 1 is 1.35 bits per heavy atom. The second kappa shape index (κ2) is 3.23. The topological polar surface area (TPSA) is 77.8 Å². The normalized spacial score (nSPS) is 17.0. The van der Waals surface area contributed by atoms with Gasteiger partial charge in [0.05, 0.1) is 10.9 Å². The summed E-state index contributed by atoms with van der Waals surface area (Å²) in [5, 5.41) is 8.74. The standard InChI is InChI=1S/C12H13N3O2/c1-12(4-5-12)11(17)13-7-2-3-8-9(6-7)14-15-10(8)16/h2-3,6H,4-5H2,1H3,(H,13,17)(H2,14,15,16). The maximum Gasteiger partial charge on any atom is 0.271 e. The minimum absolute atomic E-state index is 0.0507. The molecule has 1 aliphatic carbocycles. The number of H-pyrrole nitrogens is 2. The van der Waals surface area contributed by atoms with Crippen LogP contribution in [0.25, 0.3) is 10.9 Å². The molecular formula is C12H13N3O2. The minimum atomic E-state index is -0.194. The third-order valence-corrected chi connectivity index (χ3v) is 3.38. The van der Waals surface area contributed by atoms with Crippen LogP contribution >= 0.6 is 0 Å². The molecule has 1 aromatic heterocycles. The quantitative estimate of drug-likeness (QED) is 0.734. The number of aromatic amines is 2. The highest BCUT2D eigenvalue weighted by Crippen LogP contribution is 2.45. The molecule has 1 fully saturated rings. The van der Waals surface area contributed by atoms with E-state index in [2.05, 4.69) is 15.5 Å². The predicted octanol–water partition coefficient (Wildman–Crippen LogP) is 1.59. The number of anilines is 1. The summed E-state index contributed by atoms with van der Waals surface area (Å²) in [6.45, 7) is 1.96. The SMILES string of the molecule is CC1(C(=O)Nc2ccc3c(=O)[nH][nH]c3c2)CC1. The van der Waals surface area contributed by atoms with Crippen molar-refractivity contribution in [3.8, 4) is 0 Å². The van der Waals surface area contributed by atoms with Crippen LogP contribution in [-0.4, -0.2) is 16.1 Å². The molecule has 0 atom stereocenters. The Morgan fingerprint density at radius 3 is 2.82 bits per heavy atom. The zero-order chi connectivity index (χ0) is 12.0. The maximum absolute atomic E-state index is 11.8. The van der Waals surface area contributed by atoms with Crippen molar-refractivity contribution >= 4 is 22.5 Å². The maximum atomic E-state index is 11.8. The molecule has 1 saturated carbocycles. The summed E-state index contributed by atoms with van der Waals surface area (Å²) in [6.07, 6.45) is 1.89. The number of hydrogen-bond donors (Lipinski definition) is 3. The van der Waals surface area contributed by atoms with Gasteiger partial charge in [-0.3, -0.25) is 19.8 Å². The van der Waals surface area contributed by atoms with Crippen LogP contribution in [0.3, 0.4) is 0 Å². The fourth-order valence-electron chi connectivity index (χ4n) is 1.81. The molecule has 3 N–H and O–H groups in total. The monoisotopic (exact) mass is 231 g/mol. The highest BCUT2D eigenvalue weighted by molar-refractivity contribution is 5.98. The van der Waals surface area contributed by atoms with Crippen LogP contribution in [0.5, 0.6) is 0 Å². The summed E-state index contributed by atoms with van der Waals surface area (Å²) in [7, 11) is 0. The van der Waals surface area contributed by atoms with E-state index in [1.807, 2.05) is 6.92 Å².